The van der Waals surface area contributed by atoms with Crippen LogP contribution in [0.5, 0.6) is 11.5 Å². The van der Waals surface area contributed by atoms with Gasteiger partial charge in [0.05, 0.1) is 41.8 Å². The van der Waals surface area contributed by atoms with Gasteiger partial charge in [0.25, 0.3) is 11.5 Å². The SMILES string of the molecule is CCc1c(N2CCN(C(=O)c3ncnc(C)c3O)CC2)c(=O)n2nc(-c3ccc4c(c3)COC4)nc2n1CC(=O)Nc1c(Cl)cc(C(F)(F)F)c2c1OCC2. The molecule has 0 spiro atoms. The quantitative estimate of drug-likeness (QED) is 0.243. The number of carbonyl (C=O) groups excluding carboxylic acids is 2. The van der Waals surface area contributed by atoms with Crippen molar-refractivity contribution in [1.82, 2.24) is 34.0 Å². The van der Waals surface area contributed by atoms with E-state index in [2.05, 4.69) is 20.4 Å². The zero-order chi connectivity index (χ0) is 38.8. The Hall–Kier alpha value is -5.75. The van der Waals surface area contributed by atoms with E-state index in [0.29, 0.717) is 24.5 Å². The molecule has 19 heteroatoms. The molecule has 3 aliphatic heterocycles. The number of amides is 2. The molecule has 2 amide bonds. The fourth-order valence-electron chi connectivity index (χ4n) is 7.29. The van der Waals surface area contributed by atoms with Crippen LogP contribution in [0, 0.1) is 6.92 Å². The molecular formula is C36H33ClF3N9O6. The Morgan fingerprint density at radius 2 is 1.84 bits per heavy atom. The van der Waals surface area contributed by atoms with E-state index in [9.17, 15) is 32.7 Å². The third-order valence-electron chi connectivity index (χ3n) is 10.0. The molecule has 0 bridgehead atoms. The maximum Gasteiger partial charge on any atom is 0.416 e. The molecule has 3 aromatic heterocycles. The zero-order valence-electron chi connectivity index (χ0n) is 29.5. The van der Waals surface area contributed by atoms with Crippen molar-refractivity contribution in [3.05, 3.63) is 85.3 Å². The summed E-state index contributed by atoms with van der Waals surface area (Å²) in [6.45, 7) is 4.63. The summed E-state index contributed by atoms with van der Waals surface area (Å²) in [6.07, 6.45) is -3.22. The van der Waals surface area contributed by atoms with Gasteiger partial charge in [-0.3, -0.25) is 14.4 Å². The first-order valence-electron chi connectivity index (χ1n) is 17.5. The van der Waals surface area contributed by atoms with E-state index < -0.39 is 35.7 Å². The van der Waals surface area contributed by atoms with E-state index in [4.69, 9.17) is 26.1 Å². The molecule has 6 heterocycles. The number of benzene rings is 2. The van der Waals surface area contributed by atoms with Gasteiger partial charge in [-0.25, -0.2) is 9.97 Å². The van der Waals surface area contributed by atoms with Gasteiger partial charge in [0.1, 0.15) is 30.0 Å². The molecule has 1 saturated heterocycles. The minimum atomic E-state index is -4.68. The van der Waals surface area contributed by atoms with Crippen molar-refractivity contribution in [1.29, 1.82) is 0 Å². The van der Waals surface area contributed by atoms with Crippen molar-refractivity contribution >= 4 is 40.6 Å². The van der Waals surface area contributed by atoms with Gasteiger partial charge in [-0.15, -0.1) is 5.10 Å². The van der Waals surface area contributed by atoms with Crippen LogP contribution < -0.4 is 20.5 Å². The number of fused-ring (bicyclic) bond motifs is 3. The van der Waals surface area contributed by atoms with Crippen molar-refractivity contribution in [2.45, 2.75) is 52.6 Å². The van der Waals surface area contributed by atoms with Gasteiger partial charge in [0, 0.05) is 43.7 Å². The highest BCUT2D eigenvalue weighted by molar-refractivity contribution is 6.34. The molecule has 1 fully saturated rings. The lowest BCUT2D eigenvalue weighted by molar-refractivity contribution is -0.138. The number of halogens is 4. The van der Waals surface area contributed by atoms with E-state index in [1.54, 1.807) is 11.5 Å². The smallest absolute Gasteiger partial charge is 0.416 e. The molecule has 0 unspecified atom stereocenters. The van der Waals surface area contributed by atoms with Gasteiger partial charge in [-0.2, -0.15) is 22.7 Å². The van der Waals surface area contributed by atoms with Crippen LogP contribution in [0.1, 0.15) is 51.1 Å². The predicted molar refractivity (Wildman–Crippen MR) is 191 cm³/mol. The molecule has 55 heavy (non-hydrogen) atoms. The first-order valence-corrected chi connectivity index (χ1v) is 17.8. The Bertz CT molecular complexity index is 2460. The molecule has 2 aromatic carbocycles. The minimum Gasteiger partial charge on any atom is -0.504 e. The molecule has 2 N–H and O–H groups in total. The van der Waals surface area contributed by atoms with Crippen molar-refractivity contribution < 1.29 is 37.3 Å². The number of hydrogen-bond donors (Lipinski definition) is 2. The topological polar surface area (TPSA) is 169 Å². The van der Waals surface area contributed by atoms with Gasteiger partial charge in [-0.1, -0.05) is 30.7 Å². The van der Waals surface area contributed by atoms with Gasteiger partial charge >= 0.3 is 6.18 Å². The van der Waals surface area contributed by atoms with E-state index in [1.807, 2.05) is 30.0 Å². The molecule has 0 aliphatic carbocycles. The molecule has 5 aromatic rings. The van der Waals surface area contributed by atoms with Crippen molar-refractivity contribution in [3.8, 4) is 22.9 Å². The molecule has 0 saturated carbocycles. The number of piperazine rings is 1. The average molecular weight is 780 g/mol. The van der Waals surface area contributed by atoms with Crippen LogP contribution in [0.3, 0.4) is 0 Å². The number of rotatable bonds is 7. The standard InChI is InChI=1S/C36H33ClF3N9O6/c1-3-25-29(46-7-9-47(10-8-46)33(52)28-30(51)18(2)41-17-42-28)34(53)49-35(44-32(45-49)19-4-5-20-15-54-16-21(20)12-19)48(25)14-26(50)43-27-24(37)13-23(36(38,39)40)22-6-11-55-31(22)27/h4-5,12-13,17,51H,3,6-11,14-16H2,1-2H3,(H,43,50). The van der Waals surface area contributed by atoms with Crippen LogP contribution >= 0.6 is 11.6 Å². The zero-order valence-corrected chi connectivity index (χ0v) is 30.3. The second-order valence-corrected chi connectivity index (χ2v) is 13.7. The number of aromatic nitrogens is 6. The number of ether oxygens (including phenoxy) is 2. The van der Waals surface area contributed by atoms with Crippen molar-refractivity contribution in [3.63, 3.8) is 0 Å². The number of alkyl halides is 3. The monoisotopic (exact) mass is 779 g/mol. The van der Waals surface area contributed by atoms with Crippen LogP contribution in [0.25, 0.3) is 17.2 Å². The summed E-state index contributed by atoms with van der Waals surface area (Å²) in [6, 6.07) is 6.40. The lowest BCUT2D eigenvalue weighted by atomic mass is 10.0. The molecule has 0 atom stereocenters. The summed E-state index contributed by atoms with van der Waals surface area (Å²) in [7, 11) is 0. The summed E-state index contributed by atoms with van der Waals surface area (Å²) in [5.74, 6) is -1.30. The van der Waals surface area contributed by atoms with Gasteiger partial charge in [0.15, 0.2) is 17.3 Å². The molecule has 3 aliphatic rings. The Labute approximate surface area is 315 Å². The van der Waals surface area contributed by atoms with Crippen molar-refractivity contribution in [2.24, 2.45) is 0 Å². The number of nitrogens with one attached hydrogen (secondary N) is 1. The van der Waals surface area contributed by atoms with Gasteiger partial charge < -0.3 is 34.3 Å². The summed E-state index contributed by atoms with van der Waals surface area (Å²) < 4.78 is 55.3. The highest BCUT2D eigenvalue weighted by atomic mass is 35.5. The molecule has 8 rings (SSSR count). The van der Waals surface area contributed by atoms with Gasteiger partial charge in [-0.05, 0) is 36.6 Å². The maximum absolute atomic E-state index is 14.4. The Morgan fingerprint density at radius 1 is 1.07 bits per heavy atom. The molecule has 286 valence electrons. The summed E-state index contributed by atoms with van der Waals surface area (Å²) in [5, 5.41) is 17.3. The van der Waals surface area contributed by atoms with E-state index in [1.165, 1.54) is 11.2 Å². The van der Waals surface area contributed by atoms with Crippen molar-refractivity contribution in [2.75, 3.05) is 43.0 Å². The lowest BCUT2D eigenvalue weighted by Gasteiger charge is -2.36. The summed E-state index contributed by atoms with van der Waals surface area (Å²) in [5.41, 5.74) is 1.83. The minimum absolute atomic E-state index is 0.00995. The third-order valence-corrected chi connectivity index (χ3v) is 10.3. The number of hydrogen-bond acceptors (Lipinski definition) is 11. The number of aromatic hydroxyl groups is 1. The second-order valence-electron chi connectivity index (χ2n) is 13.3. The normalized spacial score (nSPS) is 15.3. The number of anilines is 2. The van der Waals surface area contributed by atoms with Crippen LogP contribution in [0.2, 0.25) is 5.02 Å². The van der Waals surface area contributed by atoms with E-state index in [0.717, 1.165) is 21.7 Å². The van der Waals surface area contributed by atoms with E-state index in [-0.39, 0.29) is 102 Å². The highest BCUT2D eigenvalue weighted by Crippen LogP contribution is 2.46. The second kappa shape index (κ2) is 13.8. The van der Waals surface area contributed by atoms with Crippen LogP contribution in [0.4, 0.5) is 24.5 Å². The average Bonchev–Trinajstić information content (AvgIpc) is 3.94. The third kappa shape index (κ3) is 6.37. The predicted octanol–water partition coefficient (Wildman–Crippen LogP) is 4.16. The Morgan fingerprint density at radius 3 is 2.58 bits per heavy atom. The van der Waals surface area contributed by atoms with Gasteiger partial charge in [0.2, 0.25) is 11.7 Å². The largest absolute Gasteiger partial charge is 0.504 e. The number of aryl methyl sites for hydroxylation is 1. The number of nitrogens with zero attached hydrogens (tertiary/aromatic N) is 8. The first-order chi connectivity index (χ1) is 26.3. The highest BCUT2D eigenvalue weighted by Gasteiger charge is 2.39. The fraction of sp³-hybridized carbons (Fsp3) is 0.361. The Kier molecular flexibility index (Phi) is 9.11. The molecule has 15 nitrogen and oxygen atoms in total. The molecule has 0 radical (unpaired) electrons. The molecular weight excluding hydrogens is 747 g/mol. The Balaban J connectivity index is 1.17. The van der Waals surface area contributed by atoms with Crippen LogP contribution in [-0.2, 0) is 48.3 Å². The fourth-order valence-corrected chi connectivity index (χ4v) is 7.53. The summed E-state index contributed by atoms with van der Waals surface area (Å²) in [4.78, 5) is 57.6. The summed E-state index contributed by atoms with van der Waals surface area (Å²) >= 11 is 6.33. The lowest BCUT2D eigenvalue weighted by Crippen LogP contribution is -2.51. The number of carbonyl (C=O) groups is 2. The maximum atomic E-state index is 14.4. The van der Waals surface area contributed by atoms with Crippen LogP contribution in [-0.4, -0.2) is 83.7 Å². The first kappa shape index (κ1) is 36.2. The van der Waals surface area contributed by atoms with Crippen LogP contribution in [0.15, 0.2) is 35.4 Å². The van der Waals surface area contributed by atoms with E-state index >= 15 is 0 Å².